The Morgan fingerprint density at radius 3 is 1.86 bits per heavy atom. The van der Waals surface area contributed by atoms with Crippen molar-refractivity contribution in [2.24, 2.45) is 0 Å². The number of rotatable bonds is 4. The fraction of sp³-hybridized carbons (Fsp3) is 0.0800. The van der Waals surface area contributed by atoms with Crippen LogP contribution in [0.15, 0.2) is 85.1 Å². The van der Waals surface area contributed by atoms with Crippen molar-refractivity contribution in [3.63, 3.8) is 0 Å². The molecule has 1 amide bonds. The Hall–Kier alpha value is -3.79. The lowest BCUT2D eigenvalue weighted by Crippen LogP contribution is -2.15. The molecule has 0 aliphatic heterocycles. The molecule has 4 nitrogen and oxygen atoms in total. The number of benzene rings is 3. The minimum Gasteiger partial charge on any atom is -0.321 e. The highest BCUT2D eigenvalue weighted by Gasteiger charge is 2.16. The molecule has 1 heterocycles. The first-order valence-electron chi connectivity index (χ1n) is 9.48. The minimum absolute atomic E-state index is 0.278. The van der Waals surface area contributed by atoms with Crippen LogP contribution in [0, 0.1) is 13.8 Å². The number of aryl methyl sites for hydroxylation is 2. The number of hydrogen-bond donors (Lipinski definition) is 1. The highest BCUT2D eigenvalue weighted by molar-refractivity contribution is 6.03. The molecule has 4 aromatic rings. The molecule has 0 saturated carbocycles. The van der Waals surface area contributed by atoms with Gasteiger partial charge in [-0.05, 0) is 26.0 Å². The van der Waals surface area contributed by atoms with Crippen LogP contribution in [0.5, 0.6) is 0 Å². The Morgan fingerprint density at radius 1 is 0.724 bits per heavy atom. The number of anilines is 1. The second kappa shape index (κ2) is 8.07. The average Bonchev–Trinajstić information content (AvgIpc) is 2.75. The molecule has 0 atom stereocenters. The molecule has 0 radical (unpaired) electrons. The zero-order chi connectivity index (χ0) is 20.2. The molecule has 0 saturated heterocycles. The van der Waals surface area contributed by atoms with Crippen molar-refractivity contribution >= 4 is 11.6 Å². The van der Waals surface area contributed by atoms with Crippen molar-refractivity contribution in [2.75, 3.05) is 5.32 Å². The summed E-state index contributed by atoms with van der Waals surface area (Å²) in [6.45, 7) is 4.09. The summed E-state index contributed by atoms with van der Waals surface area (Å²) in [5.41, 5.74) is 6.68. The molecule has 1 aromatic heterocycles. The monoisotopic (exact) mass is 379 g/mol. The molecule has 1 N–H and O–H groups in total. The van der Waals surface area contributed by atoms with Crippen molar-refractivity contribution in [3.05, 3.63) is 102 Å². The van der Waals surface area contributed by atoms with E-state index in [0.29, 0.717) is 5.69 Å². The van der Waals surface area contributed by atoms with Gasteiger partial charge in [-0.15, -0.1) is 0 Å². The van der Waals surface area contributed by atoms with Gasteiger partial charge in [0.05, 0.1) is 17.6 Å². The molecule has 0 unspecified atom stereocenters. The number of hydrogen-bond acceptors (Lipinski definition) is 3. The van der Waals surface area contributed by atoms with E-state index in [1.165, 1.54) is 11.8 Å². The van der Waals surface area contributed by atoms with Crippen LogP contribution in [0.1, 0.15) is 21.6 Å². The van der Waals surface area contributed by atoms with Gasteiger partial charge in [-0.25, -0.2) is 4.98 Å². The van der Waals surface area contributed by atoms with Crippen LogP contribution < -0.4 is 5.32 Å². The fourth-order valence-electron chi connectivity index (χ4n) is 3.05. The van der Waals surface area contributed by atoms with E-state index in [4.69, 9.17) is 4.98 Å². The Bertz CT molecular complexity index is 1140. The number of aromatic nitrogens is 2. The summed E-state index contributed by atoms with van der Waals surface area (Å²) in [6, 6.07) is 25.6. The number of nitrogens with zero attached hydrogens (tertiary/aromatic N) is 2. The zero-order valence-electron chi connectivity index (χ0n) is 16.4. The molecule has 29 heavy (non-hydrogen) atoms. The number of para-hydroxylation sites is 1. The van der Waals surface area contributed by atoms with Gasteiger partial charge >= 0.3 is 0 Å². The Morgan fingerprint density at radius 2 is 1.28 bits per heavy atom. The summed E-state index contributed by atoms with van der Waals surface area (Å²) >= 11 is 0. The van der Waals surface area contributed by atoms with Gasteiger partial charge in [0, 0.05) is 16.8 Å². The van der Waals surface area contributed by atoms with Crippen LogP contribution in [0.3, 0.4) is 0 Å². The summed E-state index contributed by atoms with van der Waals surface area (Å²) in [7, 11) is 0. The normalized spacial score (nSPS) is 10.6. The molecule has 0 bridgehead atoms. The lowest BCUT2D eigenvalue weighted by Gasteiger charge is -2.11. The van der Waals surface area contributed by atoms with Crippen molar-refractivity contribution in [3.8, 4) is 22.5 Å². The Labute approximate surface area is 170 Å². The summed E-state index contributed by atoms with van der Waals surface area (Å²) < 4.78 is 0. The average molecular weight is 379 g/mol. The number of amides is 1. The van der Waals surface area contributed by atoms with Gasteiger partial charge in [0.2, 0.25) is 0 Å². The Balaban J connectivity index is 1.77. The summed E-state index contributed by atoms with van der Waals surface area (Å²) in [6.07, 6.45) is 1.53. The first-order chi connectivity index (χ1) is 14.1. The van der Waals surface area contributed by atoms with Crippen LogP contribution in [0.2, 0.25) is 0 Å². The van der Waals surface area contributed by atoms with Crippen LogP contribution in [-0.4, -0.2) is 15.9 Å². The van der Waals surface area contributed by atoms with Gasteiger partial charge in [-0.3, -0.25) is 9.78 Å². The molecule has 0 aliphatic rings. The van der Waals surface area contributed by atoms with E-state index in [-0.39, 0.29) is 11.6 Å². The highest BCUT2D eigenvalue weighted by Crippen LogP contribution is 2.29. The number of nitrogens with one attached hydrogen (secondary N) is 1. The lowest BCUT2D eigenvalue weighted by molar-refractivity contribution is 0.102. The predicted octanol–water partition coefficient (Wildman–Crippen LogP) is 5.68. The van der Waals surface area contributed by atoms with E-state index in [1.54, 1.807) is 0 Å². The Kier molecular flexibility index (Phi) is 5.16. The van der Waals surface area contributed by atoms with Gasteiger partial charge < -0.3 is 5.32 Å². The van der Waals surface area contributed by atoms with E-state index in [1.807, 2.05) is 92.7 Å². The largest absolute Gasteiger partial charge is 0.321 e. The van der Waals surface area contributed by atoms with E-state index in [2.05, 4.69) is 10.3 Å². The summed E-state index contributed by atoms with van der Waals surface area (Å²) in [5, 5.41) is 2.87. The van der Waals surface area contributed by atoms with Crippen molar-refractivity contribution < 1.29 is 4.79 Å². The first kappa shape index (κ1) is 18.6. The second-order valence-corrected chi connectivity index (χ2v) is 7.00. The van der Waals surface area contributed by atoms with Crippen LogP contribution >= 0.6 is 0 Å². The summed E-state index contributed by atoms with van der Waals surface area (Å²) in [4.78, 5) is 22.0. The van der Waals surface area contributed by atoms with Gasteiger partial charge in [0.15, 0.2) is 0 Å². The van der Waals surface area contributed by atoms with Gasteiger partial charge in [0.25, 0.3) is 5.91 Å². The van der Waals surface area contributed by atoms with Gasteiger partial charge in [0.1, 0.15) is 5.69 Å². The minimum atomic E-state index is -0.285. The van der Waals surface area contributed by atoms with Crippen LogP contribution in [-0.2, 0) is 0 Å². The maximum atomic E-state index is 12.7. The van der Waals surface area contributed by atoms with Crippen molar-refractivity contribution in [1.82, 2.24) is 9.97 Å². The third kappa shape index (κ3) is 4.22. The van der Waals surface area contributed by atoms with E-state index in [9.17, 15) is 4.79 Å². The fourth-order valence-corrected chi connectivity index (χ4v) is 3.05. The molecule has 4 rings (SSSR count). The topological polar surface area (TPSA) is 54.9 Å². The van der Waals surface area contributed by atoms with Crippen LogP contribution in [0.4, 0.5) is 5.69 Å². The molecule has 4 heteroatoms. The van der Waals surface area contributed by atoms with Crippen molar-refractivity contribution in [2.45, 2.75) is 13.8 Å². The predicted molar refractivity (Wildman–Crippen MR) is 117 cm³/mol. The molecular formula is C25H21N3O. The lowest BCUT2D eigenvalue weighted by atomic mass is 10.0. The molecular weight excluding hydrogens is 358 g/mol. The first-order valence-corrected chi connectivity index (χ1v) is 9.48. The smallest absolute Gasteiger partial charge is 0.275 e. The SMILES string of the molecule is Cc1ccc(-c2ncc(C(=O)Nc3ccccc3)nc2-c2ccc(C)cc2)cc1. The molecule has 0 aliphatic carbocycles. The van der Waals surface area contributed by atoms with Gasteiger partial charge in [-0.1, -0.05) is 77.9 Å². The molecule has 0 spiro atoms. The maximum absolute atomic E-state index is 12.7. The second-order valence-electron chi connectivity index (χ2n) is 7.00. The quantitative estimate of drug-likeness (QED) is 0.496. The highest BCUT2D eigenvalue weighted by atomic mass is 16.1. The molecule has 0 fully saturated rings. The van der Waals surface area contributed by atoms with E-state index in [0.717, 1.165) is 28.1 Å². The van der Waals surface area contributed by atoms with Crippen LogP contribution in [0.25, 0.3) is 22.5 Å². The zero-order valence-corrected chi connectivity index (χ0v) is 16.4. The molecule has 3 aromatic carbocycles. The van der Waals surface area contributed by atoms with E-state index >= 15 is 0 Å². The maximum Gasteiger partial charge on any atom is 0.275 e. The van der Waals surface area contributed by atoms with E-state index < -0.39 is 0 Å². The van der Waals surface area contributed by atoms with Gasteiger partial charge in [-0.2, -0.15) is 0 Å². The third-order valence-electron chi connectivity index (χ3n) is 4.69. The third-order valence-corrected chi connectivity index (χ3v) is 4.69. The summed E-state index contributed by atoms with van der Waals surface area (Å²) in [5.74, 6) is -0.285. The molecule has 142 valence electrons. The number of carbonyl (C=O) groups is 1. The number of carbonyl (C=O) groups excluding carboxylic acids is 1. The van der Waals surface area contributed by atoms with Crippen molar-refractivity contribution in [1.29, 1.82) is 0 Å². The standard InChI is InChI=1S/C25H21N3O/c1-17-8-12-19(13-9-17)23-24(20-14-10-18(2)11-15-20)28-22(16-26-23)25(29)27-21-6-4-3-5-7-21/h3-16H,1-2H3,(H,27,29).